The first kappa shape index (κ1) is 23.9. The minimum Gasteiger partial charge on any atom is -0.492 e. The van der Waals surface area contributed by atoms with Gasteiger partial charge in [-0.3, -0.25) is 4.90 Å². The van der Waals surface area contributed by atoms with Gasteiger partial charge in [-0.2, -0.15) is 0 Å². The van der Waals surface area contributed by atoms with E-state index in [2.05, 4.69) is 29.2 Å². The van der Waals surface area contributed by atoms with Crippen molar-refractivity contribution in [1.29, 1.82) is 0 Å². The van der Waals surface area contributed by atoms with Crippen LogP contribution in [0.5, 0.6) is 5.75 Å². The molecule has 1 N–H and O–H groups in total. The Balaban J connectivity index is 0.977. The monoisotopic (exact) mass is 497 g/mol. The van der Waals surface area contributed by atoms with Crippen molar-refractivity contribution in [1.82, 2.24) is 4.90 Å². The van der Waals surface area contributed by atoms with E-state index in [0.717, 1.165) is 69.7 Å². The third-order valence-electron chi connectivity index (χ3n) is 10.8. The Bertz CT molecular complexity index is 884. The third kappa shape index (κ3) is 4.31. The number of hydrogen-bond acceptors (Lipinski definition) is 6. The molecule has 3 atom stereocenters. The second kappa shape index (κ2) is 9.53. The van der Waals surface area contributed by atoms with Crippen molar-refractivity contribution >= 4 is 0 Å². The highest BCUT2D eigenvalue weighted by Gasteiger charge is 2.67. The van der Waals surface area contributed by atoms with Crippen LogP contribution < -0.4 is 4.74 Å². The normalized spacial score (nSPS) is 43.7. The van der Waals surface area contributed by atoms with Gasteiger partial charge in [0.05, 0.1) is 12.2 Å². The summed E-state index contributed by atoms with van der Waals surface area (Å²) in [5.41, 5.74) is 1.29. The quantitative estimate of drug-likeness (QED) is 0.292. The summed E-state index contributed by atoms with van der Waals surface area (Å²) in [6, 6.07) is 8.81. The third-order valence-corrected chi connectivity index (χ3v) is 10.8. The molecule has 1 heterocycles. The largest absolute Gasteiger partial charge is 0.492 e. The van der Waals surface area contributed by atoms with E-state index in [9.17, 15) is 5.26 Å². The van der Waals surface area contributed by atoms with E-state index >= 15 is 0 Å². The molecule has 6 saturated carbocycles. The van der Waals surface area contributed by atoms with Gasteiger partial charge in [0.1, 0.15) is 12.4 Å². The van der Waals surface area contributed by atoms with Crippen LogP contribution in [0.3, 0.4) is 0 Å². The fourth-order valence-electron chi connectivity index (χ4n) is 8.99. The van der Waals surface area contributed by atoms with Gasteiger partial charge in [-0.1, -0.05) is 12.1 Å². The molecule has 7 fully saturated rings. The average Bonchev–Trinajstić information content (AvgIpc) is 3.66. The number of benzene rings is 1. The van der Waals surface area contributed by atoms with Crippen LogP contribution in [0.25, 0.3) is 0 Å². The van der Waals surface area contributed by atoms with Crippen LogP contribution in [0.4, 0.5) is 0 Å². The standard InChI is InChI=1S/C30H43NO5/c32-36-30(26-15-21-14-22(17-26)18-27(30)16-21)35-29-19-24(2-5-25(29)20-29)23-3-6-28(7-4-23)34-13-10-31-8-1-11-33-12-9-31/h3-4,6-7,21-22,24-27,32H,1-2,5,8-20H2/t21?,22?,24?,25?,26?,27?,29-,30?/m0/s1. The molecule has 6 aliphatic carbocycles. The van der Waals surface area contributed by atoms with Gasteiger partial charge >= 0.3 is 0 Å². The first-order valence-electron chi connectivity index (χ1n) is 14.7. The van der Waals surface area contributed by atoms with Crippen molar-refractivity contribution < 1.29 is 24.4 Å². The number of hydrogen-bond donors (Lipinski definition) is 1. The molecule has 2 unspecified atom stereocenters. The summed E-state index contributed by atoms with van der Waals surface area (Å²) in [5, 5.41) is 10.2. The first-order valence-corrected chi connectivity index (χ1v) is 14.7. The first-order chi connectivity index (χ1) is 17.7. The van der Waals surface area contributed by atoms with Crippen LogP contribution in [0.2, 0.25) is 0 Å². The zero-order valence-electron chi connectivity index (χ0n) is 21.6. The lowest BCUT2D eigenvalue weighted by atomic mass is 9.53. The predicted octanol–water partition coefficient (Wildman–Crippen LogP) is 5.47. The second-order valence-electron chi connectivity index (χ2n) is 12.9. The van der Waals surface area contributed by atoms with E-state index in [1.165, 1.54) is 50.5 Å². The molecule has 36 heavy (non-hydrogen) atoms. The Labute approximate surface area is 215 Å². The van der Waals surface area contributed by atoms with Gasteiger partial charge in [-0.15, -0.1) is 0 Å². The van der Waals surface area contributed by atoms with Gasteiger partial charge in [-0.25, -0.2) is 10.1 Å². The molecular weight excluding hydrogens is 454 g/mol. The maximum absolute atomic E-state index is 10.2. The van der Waals surface area contributed by atoms with Crippen molar-refractivity contribution in [2.75, 3.05) is 39.5 Å². The molecule has 1 aromatic rings. The van der Waals surface area contributed by atoms with Crippen LogP contribution in [0.1, 0.15) is 75.7 Å². The molecule has 0 amide bonds. The number of fused-ring (bicyclic) bond motifs is 1. The smallest absolute Gasteiger partial charge is 0.207 e. The number of ether oxygens (including phenoxy) is 3. The topological polar surface area (TPSA) is 60.4 Å². The Morgan fingerprint density at radius 2 is 1.67 bits per heavy atom. The van der Waals surface area contributed by atoms with Crippen LogP contribution in [0, 0.1) is 29.6 Å². The summed E-state index contributed by atoms with van der Waals surface area (Å²) < 4.78 is 18.7. The van der Waals surface area contributed by atoms with Crippen LogP contribution in [-0.4, -0.2) is 61.0 Å². The Kier molecular flexibility index (Phi) is 6.33. The van der Waals surface area contributed by atoms with Gasteiger partial charge in [0.15, 0.2) is 0 Å². The van der Waals surface area contributed by atoms with Crippen LogP contribution in [0.15, 0.2) is 24.3 Å². The van der Waals surface area contributed by atoms with Gasteiger partial charge in [0.2, 0.25) is 5.79 Å². The molecule has 0 aromatic heterocycles. The van der Waals surface area contributed by atoms with Crippen molar-refractivity contribution in [2.24, 2.45) is 29.6 Å². The molecule has 4 bridgehead atoms. The summed E-state index contributed by atoms with van der Waals surface area (Å²) in [5.74, 6) is 3.72. The fourth-order valence-corrected chi connectivity index (χ4v) is 8.99. The average molecular weight is 498 g/mol. The Hall–Kier alpha value is -1.18. The molecule has 1 aromatic carbocycles. The molecule has 7 aliphatic rings. The summed E-state index contributed by atoms with van der Waals surface area (Å²) in [6.45, 7) is 5.47. The number of rotatable bonds is 8. The zero-order valence-corrected chi connectivity index (χ0v) is 21.6. The van der Waals surface area contributed by atoms with E-state index in [4.69, 9.17) is 19.1 Å². The lowest BCUT2D eigenvalue weighted by Crippen LogP contribution is -2.62. The molecule has 0 radical (unpaired) electrons. The van der Waals surface area contributed by atoms with E-state index in [1.54, 1.807) is 0 Å². The van der Waals surface area contributed by atoms with E-state index in [1.807, 2.05) is 0 Å². The molecule has 8 rings (SSSR count). The fraction of sp³-hybridized carbons (Fsp3) is 0.800. The highest BCUT2D eigenvalue weighted by atomic mass is 17.1. The van der Waals surface area contributed by atoms with Gasteiger partial charge < -0.3 is 14.2 Å². The van der Waals surface area contributed by atoms with Crippen LogP contribution >= 0.6 is 0 Å². The van der Waals surface area contributed by atoms with Crippen molar-refractivity contribution in [3.05, 3.63) is 29.8 Å². The maximum atomic E-state index is 10.2. The molecule has 1 aliphatic heterocycles. The van der Waals surface area contributed by atoms with Crippen LogP contribution in [-0.2, 0) is 14.4 Å². The minimum atomic E-state index is -0.749. The Morgan fingerprint density at radius 3 is 2.42 bits per heavy atom. The lowest BCUT2D eigenvalue weighted by Gasteiger charge is -2.59. The number of nitrogens with zero attached hydrogens (tertiary/aromatic N) is 1. The van der Waals surface area contributed by atoms with E-state index in [0.29, 0.717) is 30.3 Å². The highest BCUT2D eigenvalue weighted by Crippen LogP contribution is 2.66. The second-order valence-corrected chi connectivity index (χ2v) is 12.9. The molecule has 1 saturated heterocycles. The van der Waals surface area contributed by atoms with Crippen molar-refractivity contribution in [3.63, 3.8) is 0 Å². The Morgan fingerprint density at radius 1 is 0.889 bits per heavy atom. The van der Waals surface area contributed by atoms with Crippen molar-refractivity contribution in [2.45, 2.75) is 81.5 Å². The van der Waals surface area contributed by atoms with E-state index < -0.39 is 5.79 Å². The SMILES string of the molecule is OOC1(O[C@]23CC(c4ccc(OCCN5CCCOCC5)cc4)CCC2C3)C2CC3CC(C2)CC1C3. The lowest BCUT2D eigenvalue weighted by molar-refractivity contribution is -0.470. The molecule has 6 heteroatoms. The maximum Gasteiger partial charge on any atom is 0.207 e. The molecule has 6 nitrogen and oxygen atoms in total. The summed E-state index contributed by atoms with van der Waals surface area (Å²) in [6.07, 6.45) is 11.8. The molecular formula is C30H43NO5. The van der Waals surface area contributed by atoms with Crippen molar-refractivity contribution in [3.8, 4) is 5.75 Å². The highest BCUT2D eigenvalue weighted by molar-refractivity contribution is 5.31. The summed E-state index contributed by atoms with van der Waals surface area (Å²) >= 11 is 0. The van der Waals surface area contributed by atoms with Gasteiger partial charge in [-0.05, 0) is 106 Å². The minimum absolute atomic E-state index is 0.104. The molecule has 198 valence electrons. The summed E-state index contributed by atoms with van der Waals surface area (Å²) in [4.78, 5) is 7.84. The zero-order chi connectivity index (χ0) is 24.2. The van der Waals surface area contributed by atoms with Gasteiger partial charge in [0.25, 0.3) is 0 Å². The van der Waals surface area contributed by atoms with Gasteiger partial charge in [0, 0.05) is 38.1 Å². The summed E-state index contributed by atoms with van der Waals surface area (Å²) in [7, 11) is 0. The molecule has 0 spiro atoms. The predicted molar refractivity (Wildman–Crippen MR) is 136 cm³/mol. The van der Waals surface area contributed by atoms with E-state index in [-0.39, 0.29) is 5.60 Å².